The molecule has 1 heterocycles. The molecule has 68 valence electrons. The Morgan fingerprint density at radius 1 is 1.58 bits per heavy atom. The summed E-state index contributed by atoms with van der Waals surface area (Å²) in [6.45, 7) is 3.29. The SMILES string of the molecule is CC1(C(=O)O)CC12CCCOC2. The van der Waals surface area contributed by atoms with Crippen LogP contribution in [0.1, 0.15) is 26.2 Å². The quantitative estimate of drug-likeness (QED) is 0.644. The highest BCUT2D eigenvalue weighted by atomic mass is 16.5. The molecule has 0 aromatic rings. The van der Waals surface area contributed by atoms with Crippen LogP contribution in [0, 0.1) is 10.8 Å². The maximum absolute atomic E-state index is 10.9. The Hall–Kier alpha value is -0.570. The van der Waals surface area contributed by atoms with Crippen LogP contribution in [-0.4, -0.2) is 24.3 Å². The summed E-state index contributed by atoms with van der Waals surface area (Å²) in [4.78, 5) is 10.9. The molecule has 2 rings (SSSR count). The normalized spacial score (nSPS) is 46.1. The van der Waals surface area contributed by atoms with Gasteiger partial charge in [-0.2, -0.15) is 0 Å². The fourth-order valence-corrected chi connectivity index (χ4v) is 2.36. The second-order valence-electron chi connectivity index (χ2n) is 4.25. The number of hydrogen-bond donors (Lipinski definition) is 1. The summed E-state index contributed by atoms with van der Waals surface area (Å²) in [7, 11) is 0. The lowest BCUT2D eigenvalue weighted by Crippen LogP contribution is -2.28. The first-order chi connectivity index (χ1) is 5.61. The van der Waals surface area contributed by atoms with E-state index in [-0.39, 0.29) is 5.41 Å². The Morgan fingerprint density at radius 2 is 2.33 bits per heavy atom. The predicted octanol–water partition coefficient (Wildman–Crippen LogP) is 1.28. The van der Waals surface area contributed by atoms with Gasteiger partial charge >= 0.3 is 5.97 Å². The topological polar surface area (TPSA) is 46.5 Å². The maximum Gasteiger partial charge on any atom is 0.310 e. The van der Waals surface area contributed by atoms with E-state index in [0.717, 1.165) is 25.9 Å². The van der Waals surface area contributed by atoms with E-state index in [0.29, 0.717) is 6.61 Å². The van der Waals surface area contributed by atoms with Gasteiger partial charge in [0.2, 0.25) is 0 Å². The molecule has 0 amide bonds. The van der Waals surface area contributed by atoms with Gasteiger partial charge in [-0.05, 0) is 26.2 Å². The van der Waals surface area contributed by atoms with E-state index in [1.54, 1.807) is 0 Å². The van der Waals surface area contributed by atoms with Crippen molar-refractivity contribution in [1.82, 2.24) is 0 Å². The molecule has 1 aliphatic carbocycles. The number of ether oxygens (including phenoxy) is 1. The lowest BCUT2D eigenvalue weighted by atomic mass is 9.89. The average Bonchev–Trinajstić information content (AvgIpc) is 2.59. The van der Waals surface area contributed by atoms with Crippen LogP contribution < -0.4 is 0 Å². The second-order valence-corrected chi connectivity index (χ2v) is 4.25. The van der Waals surface area contributed by atoms with Crippen molar-refractivity contribution in [2.45, 2.75) is 26.2 Å². The largest absolute Gasteiger partial charge is 0.481 e. The minimum absolute atomic E-state index is 0.0168. The van der Waals surface area contributed by atoms with E-state index >= 15 is 0 Å². The first-order valence-electron chi connectivity index (χ1n) is 4.42. The van der Waals surface area contributed by atoms with Crippen LogP contribution in [-0.2, 0) is 9.53 Å². The number of carbonyl (C=O) groups is 1. The highest BCUT2D eigenvalue weighted by molar-refractivity contribution is 5.79. The number of aliphatic carboxylic acids is 1. The van der Waals surface area contributed by atoms with E-state index in [9.17, 15) is 4.79 Å². The predicted molar refractivity (Wildman–Crippen MR) is 42.8 cm³/mol. The fourth-order valence-electron chi connectivity index (χ4n) is 2.36. The molecule has 2 unspecified atom stereocenters. The molecule has 12 heavy (non-hydrogen) atoms. The molecule has 0 aromatic carbocycles. The monoisotopic (exact) mass is 170 g/mol. The molecule has 2 atom stereocenters. The molecule has 2 aliphatic rings. The van der Waals surface area contributed by atoms with Gasteiger partial charge in [-0.3, -0.25) is 4.79 Å². The van der Waals surface area contributed by atoms with Crippen LogP contribution in [0.2, 0.25) is 0 Å². The van der Waals surface area contributed by atoms with E-state index in [2.05, 4.69) is 0 Å². The summed E-state index contributed by atoms with van der Waals surface area (Å²) >= 11 is 0. The standard InChI is InChI=1S/C9H14O3/c1-8(7(10)11)5-9(8)3-2-4-12-6-9/h2-6H2,1H3,(H,10,11). The summed E-state index contributed by atoms with van der Waals surface area (Å²) in [6, 6.07) is 0. The Bertz CT molecular complexity index is 218. The Morgan fingerprint density at radius 3 is 2.75 bits per heavy atom. The average molecular weight is 170 g/mol. The summed E-state index contributed by atoms with van der Waals surface area (Å²) in [5.74, 6) is -0.659. The third-order valence-corrected chi connectivity index (χ3v) is 3.53. The minimum Gasteiger partial charge on any atom is -0.481 e. The van der Waals surface area contributed by atoms with Crippen molar-refractivity contribution in [2.24, 2.45) is 10.8 Å². The van der Waals surface area contributed by atoms with Gasteiger partial charge in [-0.1, -0.05) is 0 Å². The van der Waals surface area contributed by atoms with E-state index in [1.807, 2.05) is 6.92 Å². The molecule has 0 radical (unpaired) electrons. The summed E-state index contributed by atoms with van der Waals surface area (Å²) in [5.41, 5.74) is -0.509. The van der Waals surface area contributed by atoms with Crippen molar-refractivity contribution < 1.29 is 14.6 Å². The fraction of sp³-hybridized carbons (Fsp3) is 0.889. The third kappa shape index (κ3) is 0.829. The molecular weight excluding hydrogens is 156 g/mol. The Labute approximate surface area is 71.7 Å². The first kappa shape index (κ1) is 8.05. The summed E-state index contributed by atoms with van der Waals surface area (Å²) in [6.07, 6.45) is 2.84. The molecule has 2 fully saturated rings. The van der Waals surface area contributed by atoms with E-state index in [4.69, 9.17) is 9.84 Å². The molecule has 0 aromatic heterocycles. The number of hydrogen-bond acceptors (Lipinski definition) is 2. The van der Waals surface area contributed by atoms with Crippen molar-refractivity contribution in [1.29, 1.82) is 0 Å². The highest BCUT2D eigenvalue weighted by Gasteiger charge is 2.69. The van der Waals surface area contributed by atoms with Gasteiger partial charge in [0.05, 0.1) is 12.0 Å². The van der Waals surface area contributed by atoms with Gasteiger partial charge in [-0.25, -0.2) is 0 Å². The van der Waals surface area contributed by atoms with Crippen LogP contribution >= 0.6 is 0 Å². The Balaban J connectivity index is 2.12. The van der Waals surface area contributed by atoms with Crippen LogP contribution in [0.3, 0.4) is 0 Å². The van der Waals surface area contributed by atoms with E-state index < -0.39 is 11.4 Å². The van der Waals surface area contributed by atoms with E-state index in [1.165, 1.54) is 0 Å². The zero-order valence-electron chi connectivity index (χ0n) is 7.30. The number of carboxylic acids is 1. The Kier molecular flexibility index (Phi) is 1.49. The number of carboxylic acid groups (broad SMARTS) is 1. The van der Waals surface area contributed by atoms with Crippen molar-refractivity contribution in [3.05, 3.63) is 0 Å². The van der Waals surface area contributed by atoms with Crippen LogP contribution in [0.5, 0.6) is 0 Å². The van der Waals surface area contributed by atoms with Crippen molar-refractivity contribution in [2.75, 3.05) is 13.2 Å². The zero-order chi connectivity index (χ0) is 8.82. The van der Waals surface area contributed by atoms with Crippen molar-refractivity contribution in [3.8, 4) is 0 Å². The molecule has 1 saturated heterocycles. The van der Waals surface area contributed by atoms with Gasteiger partial charge in [-0.15, -0.1) is 0 Å². The zero-order valence-corrected chi connectivity index (χ0v) is 7.30. The molecule has 1 aliphatic heterocycles. The van der Waals surface area contributed by atoms with Crippen molar-refractivity contribution >= 4 is 5.97 Å². The highest BCUT2D eigenvalue weighted by Crippen LogP contribution is 2.67. The molecule has 1 spiro atoms. The lowest BCUT2D eigenvalue weighted by molar-refractivity contribution is -0.145. The van der Waals surface area contributed by atoms with Gasteiger partial charge in [0.25, 0.3) is 0 Å². The van der Waals surface area contributed by atoms with Gasteiger partial charge in [0.1, 0.15) is 0 Å². The minimum atomic E-state index is -0.659. The van der Waals surface area contributed by atoms with Gasteiger partial charge < -0.3 is 9.84 Å². The van der Waals surface area contributed by atoms with Crippen LogP contribution in [0.25, 0.3) is 0 Å². The van der Waals surface area contributed by atoms with Gasteiger partial charge in [0, 0.05) is 12.0 Å². The lowest BCUT2D eigenvalue weighted by Gasteiger charge is -2.24. The van der Waals surface area contributed by atoms with Crippen LogP contribution in [0.15, 0.2) is 0 Å². The molecule has 3 heteroatoms. The third-order valence-electron chi connectivity index (χ3n) is 3.53. The molecule has 1 saturated carbocycles. The number of rotatable bonds is 1. The molecule has 3 nitrogen and oxygen atoms in total. The summed E-state index contributed by atoms with van der Waals surface area (Å²) in [5, 5.41) is 8.97. The van der Waals surface area contributed by atoms with Gasteiger partial charge in [0.15, 0.2) is 0 Å². The van der Waals surface area contributed by atoms with Crippen LogP contribution in [0.4, 0.5) is 0 Å². The molecular formula is C9H14O3. The molecule has 0 bridgehead atoms. The smallest absolute Gasteiger partial charge is 0.310 e. The second kappa shape index (κ2) is 2.22. The summed E-state index contributed by atoms with van der Waals surface area (Å²) < 4.78 is 5.33. The maximum atomic E-state index is 10.9. The first-order valence-corrected chi connectivity index (χ1v) is 4.42. The molecule has 1 N–H and O–H groups in total. The van der Waals surface area contributed by atoms with Crippen molar-refractivity contribution in [3.63, 3.8) is 0 Å².